The molecule has 0 radical (unpaired) electrons. The number of hydrogen-bond donors (Lipinski definition) is 0. The monoisotopic (exact) mass is 172 g/mol. The van der Waals surface area contributed by atoms with E-state index in [0.717, 1.165) is 0 Å². The third kappa shape index (κ3) is 3.51. The number of carbonyl (C=O) groups excluding carboxylic acids is 2. The molecule has 0 saturated heterocycles. The highest BCUT2D eigenvalue weighted by atomic mass is 16.5. The third-order valence-electron chi connectivity index (χ3n) is 1.79. The number of rotatable bonds is 2. The molecule has 0 amide bonds. The maximum atomic E-state index is 10.8. The molecule has 12 heavy (non-hydrogen) atoms. The molecule has 0 bridgehead atoms. The first-order valence-electron chi connectivity index (χ1n) is 3.96. The van der Waals surface area contributed by atoms with E-state index in [-0.39, 0.29) is 11.5 Å². The summed E-state index contributed by atoms with van der Waals surface area (Å²) in [5.74, 6) is -1.30. The van der Waals surface area contributed by atoms with Crippen molar-refractivity contribution < 1.29 is 14.3 Å². The second-order valence-corrected chi connectivity index (χ2v) is 3.97. The van der Waals surface area contributed by atoms with Crippen LogP contribution in [0.5, 0.6) is 0 Å². The van der Waals surface area contributed by atoms with E-state index in [1.807, 2.05) is 20.8 Å². The molecule has 0 aliphatic heterocycles. The van der Waals surface area contributed by atoms with Crippen LogP contribution in [-0.4, -0.2) is 17.9 Å². The smallest absolute Gasteiger partial charge is 0.374 e. The zero-order valence-electron chi connectivity index (χ0n) is 8.30. The van der Waals surface area contributed by atoms with Crippen LogP contribution in [0.15, 0.2) is 0 Å². The van der Waals surface area contributed by atoms with Gasteiger partial charge in [-0.15, -0.1) is 0 Å². The van der Waals surface area contributed by atoms with Gasteiger partial charge in [0.05, 0.1) is 0 Å². The second-order valence-electron chi connectivity index (χ2n) is 3.97. The summed E-state index contributed by atoms with van der Waals surface area (Å²) in [5.41, 5.74) is -0.120. The summed E-state index contributed by atoms with van der Waals surface area (Å²) in [7, 11) is 0. The van der Waals surface area contributed by atoms with Crippen molar-refractivity contribution in [2.24, 2.45) is 5.41 Å². The van der Waals surface area contributed by atoms with Crippen LogP contribution >= 0.6 is 0 Å². The molecule has 0 aromatic carbocycles. The van der Waals surface area contributed by atoms with Crippen LogP contribution in [0.2, 0.25) is 0 Å². The number of ketones is 1. The Kier molecular flexibility index (Phi) is 3.43. The average molecular weight is 172 g/mol. The van der Waals surface area contributed by atoms with Gasteiger partial charge < -0.3 is 4.74 Å². The van der Waals surface area contributed by atoms with Crippen LogP contribution in [0.4, 0.5) is 0 Å². The number of Topliss-reactive ketones (excluding diaryl/α,β-unsaturated/α-hetero) is 1. The van der Waals surface area contributed by atoms with Crippen molar-refractivity contribution in [3.8, 4) is 0 Å². The molecule has 0 aromatic heterocycles. The van der Waals surface area contributed by atoms with Gasteiger partial charge in [-0.1, -0.05) is 20.8 Å². The van der Waals surface area contributed by atoms with E-state index in [1.54, 1.807) is 6.92 Å². The van der Waals surface area contributed by atoms with Gasteiger partial charge in [-0.05, 0) is 12.3 Å². The van der Waals surface area contributed by atoms with Crippen molar-refractivity contribution in [3.63, 3.8) is 0 Å². The minimum absolute atomic E-state index is 0.120. The first-order valence-corrected chi connectivity index (χ1v) is 3.96. The first-order chi connectivity index (χ1) is 5.25. The molecule has 1 atom stereocenters. The zero-order chi connectivity index (χ0) is 9.94. The minimum Gasteiger partial charge on any atom is -0.456 e. The van der Waals surface area contributed by atoms with Crippen molar-refractivity contribution in [2.45, 2.75) is 40.7 Å². The largest absolute Gasteiger partial charge is 0.456 e. The number of esters is 1. The maximum absolute atomic E-state index is 10.8. The highest BCUT2D eigenvalue weighted by Gasteiger charge is 2.24. The molecule has 70 valence electrons. The fourth-order valence-electron chi connectivity index (χ4n) is 0.420. The second kappa shape index (κ2) is 3.70. The molecule has 0 saturated carbocycles. The molecule has 0 spiro atoms. The Morgan fingerprint density at radius 3 is 1.92 bits per heavy atom. The molecule has 0 heterocycles. The quantitative estimate of drug-likeness (QED) is 0.469. The average Bonchev–Trinajstić information content (AvgIpc) is 1.85. The summed E-state index contributed by atoms with van der Waals surface area (Å²) in [4.78, 5) is 21.4. The normalized spacial score (nSPS) is 13.8. The summed E-state index contributed by atoms with van der Waals surface area (Å²) >= 11 is 0. The van der Waals surface area contributed by atoms with Crippen LogP contribution in [0.1, 0.15) is 34.6 Å². The van der Waals surface area contributed by atoms with Crippen LogP contribution in [-0.2, 0) is 14.3 Å². The van der Waals surface area contributed by atoms with E-state index in [0.29, 0.717) is 0 Å². The van der Waals surface area contributed by atoms with E-state index in [4.69, 9.17) is 4.74 Å². The molecular weight excluding hydrogens is 156 g/mol. The number of ether oxygens (including phenoxy) is 1. The lowest BCUT2D eigenvalue weighted by atomic mass is 9.90. The lowest BCUT2D eigenvalue weighted by Crippen LogP contribution is -2.30. The Bertz CT molecular complexity index is 188. The summed E-state index contributed by atoms with van der Waals surface area (Å²) in [6.45, 7) is 8.83. The van der Waals surface area contributed by atoms with Crippen LogP contribution in [0.25, 0.3) is 0 Å². The van der Waals surface area contributed by atoms with E-state index >= 15 is 0 Å². The predicted octanol–water partition coefficient (Wildman–Crippen LogP) is 1.55. The molecule has 0 rings (SSSR count). The van der Waals surface area contributed by atoms with Crippen LogP contribution in [0.3, 0.4) is 0 Å². The zero-order valence-corrected chi connectivity index (χ0v) is 8.30. The van der Waals surface area contributed by atoms with Gasteiger partial charge in [0.25, 0.3) is 0 Å². The van der Waals surface area contributed by atoms with Crippen molar-refractivity contribution in [2.75, 3.05) is 0 Å². The predicted molar refractivity (Wildman–Crippen MR) is 45.7 cm³/mol. The Hall–Kier alpha value is -0.860. The fourth-order valence-corrected chi connectivity index (χ4v) is 0.420. The lowest BCUT2D eigenvalue weighted by molar-refractivity contribution is -0.160. The summed E-state index contributed by atoms with van der Waals surface area (Å²) in [5, 5.41) is 0. The Balaban J connectivity index is 4.11. The molecular formula is C9H16O3. The third-order valence-corrected chi connectivity index (χ3v) is 1.79. The topological polar surface area (TPSA) is 43.4 Å². The van der Waals surface area contributed by atoms with Crippen molar-refractivity contribution in [1.82, 2.24) is 0 Å². The number of carbonyl (C=O) groups is 2. The molecule has 0 N–H and O–H groups in total. The highest BCUT2D eigenvalue weighted by molar-refractivity contribution is 6.32. The van der Waals surface area contributed by atoms with Gasteiger partial charge in [-0.2, -0.15) is 0 Å². The standard InChI is InChI=1S/C9H16O3/c1-6(10)8(11)12-7(2)9(3,4)5/h7H,1-5H3. The molecule has 0 aliphatic rings. The molecule has 0 aromatic rings. The maximum Gasteiger partial charge on any atom is 0.374 e. The molecule has 3 heteroatoms. The molecule has 0 fully saturated rings. The van der Waals surface area contributed by atoms with E-state index < -0.39 is 11.8 Å². The van der Waals surface area contributed by atoms with Crippen molar-refractivity contribution in [1.29, 1.82) is 0 Å². The summed E-state index contributed by atoms with van der Waals surface area (Å²) < 4.78 is 4.89. The fraction of sp³-hybridized carbons (Fsp3) is 0.778. The van der Waals surface area contributed by atoms with E-state index in [9.17, 15) is 9.59 Å². The van der Waals surface area contributed by atoms with E-state index in [1.165, 1.54) is 6.92 Å². The van der Waals surface area contributed by atoms with Gasteiger partial charge in [-0.3, -0.25) is 4.79 Å². The molecule has 0 aliphatic carbocycles. The SMILES string of the molecule is CC(=O)C(=O)OC(C)C(C)(C)C. The number of hydrogen-bond acceptors (Lipinski definition) is 3. The first kappa shape index (κ1) is 11.1. The summed E-state index contributed by atoms with van der Waals surface area (Å²) in [6.07, 6.45) is -0.242. The van der Waals surface area contributed by atoms with Crippen LogP contribution < -0.4 is 0 Å². The van der Waals surface area contributed by atoms with Crippen molar-refractivity contribution >= 4 is 11.8 Å². The summed E-state index contributed by atoms with van der Waals surface area (Å²) in [6, 6.07) is 0. The lowest BCUT2D eigenvalue weighted by Gasteiger charge is -2.26. The van der Waals surface area contributed by atoms with Gasteiger partial charge in [0, 0.05) is 6.92 Å². The van der Waals surface area contributed by atoms with E-state index in [2.05, 4.69) is 0 Å². The molecule has 1 unspecified atom stereocenters. The van der Waals surface area contributed by atoms with Gasteiger partial charge in [0.1, 0.15) is 6.10 Å². The van der Waals surface area contributed by atoms with Gasteiger partial charge >= 0.3 is 5.97 Å². The Morgan fingerprint density at radius 2 is 1.67 bits per heavy atom. The highest BCUT2D eigenvalue weighted by Crippen LogP contribution is 2.21. The Morgan fingerprint density at radius 1 is 1.25 bits per heavy atom. The van der Waals surface area contributed by atoms with Crippen molar-refractivity contribution in [3.05, 3.63) is 0 Å². The van der Waals surface area contributed by atoms with Gasteiger partial charge in [0.2, 0.25) is 5.78 Å². The minimum atomic E-state index is -0.752. The van der Waals surface area contributed by atoms with Gasteiger partial charge in [0.15, 0.2) is 0 Å². The molecule has 3 nitrogen and oxygen atoms in total. The Labute approximate surface area is 73.1 Å². The van der Waals surface area contributed by atoms with Crippen LogP contribution in [0, 0.1) is 5.41 Å². The van der Waals surface area contributed by atoms with Gasteiger partial charge in [-0.25, -0.2) is 4.79 Å².